The molecule has 4 rings (SSSR count). The molecular formula is C25H26Cl2F2N4O3S. The number of carbonyl (C=O) groups is 3. The van der Waals surface area contributed by atoms with E-state index in [1.54, 1.807) is 23.1 Å². The molecule has 0 radical (unpaired) electrons. The number of hydrogen-bond donors (Lipinski definition) is 1. The summed E-state index contributed by atoms with van der Waals surface area (Å²) < 4.78 is 29.5. The van der Waals surface area contributed by atoms with Crippen LogP contribution in [0.3, 0.4) is 0 Å². The molecule has 2 aromatic rings. The van der Waals surface area contributed by atoms with Crippen LogP contribution in [0.25, 0.3) is 0 Å². The molecule has 7 nitrogen and oxygen atoms in total. The smallest absolute Gasteiger partial charge is 0.248 e. The third-order valence-corrected chi connectivity index (χ3v) is 8.20. The quantitative estimate of drug-likeness (QED) is 0.529. The van der Waals surface area contributed by atoms with Gasteiger partial charge in [-0.15, -0.1) is 0 Å². The van der Waals surface area contributed by atoms with Gasteiger partial charge in [0, 0.05) is 35.8 Å². The lowest BCUT2D eigenvalue weighted by molar-refractivity contribution is -0.168. The van der Waals surface area contributed by atoms with Crippen molar-refractivity contribution in [2.45, 2.75) is 56.4 Å². The number of carbonyl (C=O) groups excluding carboxylic acids is 3. The Balaban J connectivity index is 1.75. The zero-order valence-electron chi connectivity index (χ0n) is 20.4. The summed E-state index contributed by atoms with van der Waals surface area (Å²) in [7, 11) is 0. The number of nitrogens with zero attached hydrogens (tertiary/aromatic N) is 3. The molecular weight excluding hydrogens is 545 g/mol. The minimum atomic E-state index is -1.03. The SMILES string of the molecule is CC(=O)NC1CN(Sc2ccc(Cl)cc2Cl)C2CN(C(C)C)C(=O)C(Cc3ccc(F)c(F)c3)N2C1=O. The highest BCUT2D eigenvalue weighted by atomic mass is 35.5. The van der Waals surface area contributed by atoms with E-state index in [9.17, 15) is 23.2 Å². The molecule has 0 saturated carbocycles. The molecule has 1 N–H and O–H groups in total. The Labute approximate surface area is 228 Å². The van der Waals surface area contributed by atoms with E-state index >= 15 is 0 Å². The van der Waals surface area contributed by atoms with Gasteiger partial charge in [-0.2, -0.15) is 0 Å². The van der Waals surface area contributed by atoms with Crippen molar-refractivity contribution in [2.24, 2.45) is 0 Å². The number of rotatable bonds is 6. The maximum absolute atomic E-state index is 14.0. The van der Waals surface area contributed by atoms with Gasteiger partial charge >= 0.3 is 0 Å². The minimum absolute atomic E-state index is 0.0194. The van der Waals surface area contributed by atoms with Gasteiger partial charge in [0.25, 0.3) is 0 Å². The van der Waals surface area contributed by atoms with Crippen LogP contribution in [0.2, 0.25) is 10.0 Å². The van der Waals surface area contributed by atoms with Crippen LogP contribution in [0.5, 0.6) is 0 Å². The average Bonchev–Trinajstić information content (AvgIpc) is 2.81. The van der Waals surface area contributed by atoms with Crippen molar-refractivity contribution in [1.29, 1.82) is 0 Å². The molecule has 0 spiro atoms. The number of halogens is 4. The summed E-state index contributed by atoms with van der Waals surface area (Å²) in [5.74, 6) is -3.14. The lowest BCUT2D eigenvalue weighted by atomic mass is 9.96. The largest absolute Gasteiger partial charge is 0.343 e. The molecule has 3 atom stereocenters. The zero-order valence-corrected chi connectivity index (χ0v) is 22.7. The molecule has 198 valence electrons. The van der Waals surface area contributed by atoms with Crippen LogP contribution in [0.1, 0.15) is 26.3 Å². The number of piperazine rings is 1. The van der Waals surface area contributed by atoms with E-state index in [2.05, 4.69) is 5.32 Å². The first kappa shape index (κ1) is 27.6. The van der Waals surface area contributed by atoms with Gasteiger partial charge in [0.15, 0.2) is 11.6 Å². The molecule has 2 aromatic carbocycles. The number of hydrogen-bond acceptors (Lipinski definition) is 5. The number of benzene rings is 2. The van der Waals surface area contributed by atoms with Crippen molar-refractivity contribution in [1.82, 2.24) is 19.4 Å². The van der Waals surface area contributed by atoms with E-state index in [-0.39, 0.29) is 31.5 Å². The molecule has 2 fully saturated rings. The van der Waals surface area contributed by atoms with Crippen molar-refractivity contribution in [3.63, 3.8) is 0 Å². The normalized spacial score (nSPS) is 22.4. The summed E-state index contributed by atoms with van der Waals surface area (Å²) in [6.45, 7) is 5.46. The van der Waals surface area contributed by atoms with Crippen LogP contribution >= 0.6 is 35.1 Å². The summed E-state index contributed by atoms with van der Waals surface area (Å²) in [6, 6.07) is 6.42. The maximum Gasteiger partial charge on any atom is 0.248 e. The molecule has 0 bridgehead atoms. The molecule has 2 saturated heterocycles. The van der Waals surface area contributed by atoms with Crippen LogP contribution in [-0.4, -0.2) is 69.2 Å². The predicted octanol–water partition coefficient (Wildman–Crippen LogP) is 4.12. The van der Waals surface area contributed by atoms with E-state index in [0.717, 1.165) is 12.1 Å². The second-order valence-corrected chi connectivity index (χ2v) is 11.2. The molecule has 2 heterocycles. The fourth-order valence-electron chi connectivity index (χ4n) is 4.63. The van der Waals surface area contributed by atoms with Crippen molar-refractivity contribution in [3.8, 4) is 0 Å². The molecule has 3 unspecified atom stereocenters. The molecule has 3 amide bonds. The summed E-state index contributed by atoms with van der Waals surface area (Å²) in [5.41, 5.74) is 0.371. The Bertz CT molecular complexity index is 1230. The fraction of sp³-hybridized carbons (Fsp3) is 0.400. The maximum atomic E-state index is 14.0. The van der Waals surface area contributed by atoms with E-state index < -0.39 is 41.7 Å². The monoisotopic (exact) mass is 570 g/mol. The van der Waals surface area contributed by atoms with Crippen molar-refractivity contribution in [2.75, 3.05) is 13.1 Å². The number of amides is 3. The molecule has 2 aliphatic heterocycles. The standard InChI is InChI=1S/C25H26Cl2F2N4O3S/c1-13(2)31-12-23-32(37-22-7-5-16(26)10-17(22)27)11-20(30-14(3)34)24(35)33(23)21(25(31)36)9-15-4-6-18(28)19(29)8-15/h4-8,10,13,20-21,23H,9,11-12H2,1-3H3,(H,30,34). The molecule has 37 heavy (non-hydrogen) atoms. The van der Waals surface area contributed by atoms with E-state index in [1.165, 1.54) is 29.8 Å². The molecule has 0 aliphatic carbocycles. The summed E-state index contributed by atoms with van der Waals surface area (Å²) in [5, 5.41) is 3.57. The Hall–Kier alpha value is -2.40. The lowest BCUT2D eigenvalue weighted by Crippen LogP contribution is -2.74. The Morgan fingerprint density at radius 3 is 2.43 bits per heavy atom. The Kier molecular flexibility index (Phi) is 8.32. The fourth-order valence-corrected chi connectivity index (χ4v) is 6.18. The summed E-state index contributed by atoms with van der Waals surface area (Å²) in [4.78, 5) is 43.1. The topological polar surface area (TPSA) is 73.0 Å². The summed E-state index contributed by atoms with van der Waals surface area (Å²) >= 11 is 13.8. The van der Waals surface area contributed by atoms with Crippen LogP contribution in [-0.2, 0) is 20.8 Å². The van der Waals surface area contributed by atoms with Crippen LogP contribution in [0.15, 0.2) is 41.3 Å². The third kappa shape index (κ3) is 5.87. The van der Waals surface area contributed by atoms with Crippen LogP contribution < -0.4 is 5.32 Å². The van der Waals surface area contributed by atoms with Crippen molar-refractivity contribution < 1.29 is 23.2 Å². The Morgan fingerprint density at radius 2 is 1.81 bits per heavy atom. The average molecular weight is 571 g/mol. The van der Waals surface area contributed by atoms with E-state index in [0.29, 0.717) is 20.5 Å². The molecule has 12 heteroatoms. The second kappa shape index (κ2) is 11.1. The molecule has 2 aliphatic rings. The lowest BCUT2D eigenvalue weighted by Gasteiger charge is -2.54. The molecule has 0 aromatic heterocycles. The highest BCUT2D eigenvalue weighted by Crippen LogP contribution is 2.38. The first-order chi connectivity index (χ1) is 17.5. The number of nitrogens with one attached hydrogen (secondary N) is 1. The summed E-state index contributed by atoms with van der Waals surface area (Å²) in [6.07, 6.45) is -0.584. The first-order valence-corrected chi connectivity index (χ1v) is 13.2. The highest BCUT2D eigenvalue weighted by Gasteiger charge is 2.51. The minimum Gasteiger partial charge on any atom is -0.343 e. The van der Waals surface area contributed by atoms with Gasteiger partial charge in [0.05, 0.1) is 11.6 Å². The zero-order chi connectivity index (χ0) is 27.0. The van der Waals surface area contributed by atoms with E-state index in [4.69, 9.17) is 23.2 Å². The first-order valence-electron chi connectivity index (χ1n) is 11.7. The van der Waals surface area contributed by atoms with Crippen LogP contribution in [0, 0.1) is 11.6 Å². The van der Waals surface area contributed by atoms with E-state index in [1.807, 2.05) is 18.2 Å². The third-order valence-electron chi connectivity index (χ3n) is 6.36. The van der Waals surface area contributed by atoms with Gasteiger partial charge in [0.2, 0.25) is 17.7 Å². The predicted molar refractivity (Wildman–Crippen MR) is 138 cm³/mol. The van der Waals surface area contributed by atoms with Crippen molar-refractivity contribution in [3.05, 3.63) is 63.6 Å². The van der Waals surface area contributed by atoms with Crippen LogP contribution in [0.4, 0.5) is 8.78 Å². The van der Waals surface area contributed by atoms with Gasteiger partial charge < -0.3 is 15.1 Å². The van der Waals surface area contributed by atoms with Gasteiger partial charge in [-0.3, -0.25) is 14.4 Å². The number of fused-ring (bicyclic) bond motifs is 1. The highest BCUT2D eigenvalue weighted by molar-refractivity contribution is 7.97. The van der Waals surface area contributed by atoms with Gasteiger partial charge in [-0.25, -0.2) is 13.1 Å². The Morgan fingerprint density at radius 1 is 1.08 bits per heavy atom. The van der Waals surface area contributed by atoms with Gasteiger partial charge in [-0.05, 0) is 61.7 Å². The van der Waals surface area contributed by atoms with Crippen molar-refractivity contribution >= 4 is 52.9 Å². The van der Waals surface area contributed by atoms with Gasteiger partial charge in [-0.1, -0.05) is 29.3 Å². The van der Waals surface area contributed by atoms with Gasteiger partial charge in [0.1, 0.15) is 18.2 Å². The second-order valence-electron chi connectivity index (χ2n) is 9.30.